The van der Waals surface area contributed by atoms with Crippen molar-refractivity contribution in [2.24, 2.45) is 5.41 Å². The lowest BCUT2D eigenvalue weighted by Gasteiger charge is -2.37. The Kier molecular flexibility index (Phi) is 16.6. The summed E-state index contributed by atoms with van der Waals surface area (Å²) in [5.74, 6) is 0.141. The van der Waals surface area contributed by atoms with Gasteiger partial charge in [0.05, 0.1) is 0 Å². The van der Waals surface area contributed by atoms with E-state index in [9.17, 15) is 4.79 Å². The van der Waals surface area contributed by atoms with Gasteiger partial charge in [0.1, 0.15) is 5.78 Å². The molecule has 0 spiro atoms. The molecule has 34 heavy (non-hydrogen) atoms. The Bertz CT molecular complexity index is 504. The van der Waals surface area contributed by atoms with Crippen molar-refractivity contribution < 1.29 is 44.6 Å². The molecular weight excluding hydrogens is 496 g/mol. The van der Waals surface area contributed by atoms with Gasteiger partial charge in [0.2, 0.25) is 0 Å². The number of hydrogen-bond acceptors (Lipinski definition) is 10. The summed E-state index contributed by atoms with van der Waals surface area (Å²) in [6.07, 6.45) is 4.33. The highest BCUT2D eigenvalue weighted by atomic mass is 28.4. The van der Waals surface area contributed by atoms with E-state index in [-0.39, 0.29) is 11.2 Å². The van der Waals surface area contributed by atoms with Gasteiger partial charge in [-0.05, 0) is 44.4 Å². The van der Waals surface area contributed by atoms with Gasteiger partial charge in [-0.15, -0.1) is 0 Å². The molecule has 0 amide bonds. The van der Waals surface area contributed by atoms with Crippen LogP contribution < -0.4 is 0 Å². The summed E-state index contributed by atoms with van der Waals surface area (Å²) in [4.78, 5) is 12.4. The molecule has 0 unspecified atom stereocenters. The molecule has 0 rings (SSSR count). The zero-order valence-electron chi connectivity index (χ0n) is 22.9. The van der Waals surface area contributed by atoms with Crippen LogP contribution in [0.25, 0.3) is 0 Å². The van der Waals surface area contributed by atoms with Crippen LogP contribution in [-0.4, -0.2) is 96.2 Å². The number of hydrogen-bond donors (Lipinski definition) is 0. The van der Waals surface area contributed by atoms with Crippen molar-refractivity contribution >= 4 is 32.2 Å². The smallest absolute Gasteiger partial charge is 0.377 e. The fraction of sp³-hybridized carbons (Fsp3) is 0.952. The molecule has 0 aliphatic rings. The minimum atomic E-state index is -2.81. The Morgan fingerprint density at radius 2 is 0.824 bits per heavy atom. The Hall–Kier alpha value is -0.0394. The number of carbonyl (C=O) groups is 1. The van der Waals surface area contributed by atoms with Crippen molar-refractivity contribution in [1.29, 1.82) is 0 Å². The van der Waals surface area contributed by atoms with E-state index in [1.165, 1.54) is 0 Å². The maximum absolute atomic E-state index is 12.4. The molecule has 0 saturated carbocycles. The van der Waals surface area contributed by atoms with E-state index in [4.69, 9.17) is 39.8 Å². The third-order valence-corrected chi connectivity index (χ3v) is 15.2. The monoisotopic (exact) mass is 544 g/mol. The minimum absolute atomic E-state index is 0.141. The molecule has 0 aliphatic heterocycles. The Morgan fingerprint density at radius 1 is 0.529 bits per heavy atom. The minimum Gasteiger partial charge on any atom is -0.377 e. The quantitative estimate of drug-likeness (QED) is 0.188. The molecule has 0 radical (unpaired) electrons. The van der Waals surface area contributed by atoms with Gasteiger partial charge in [0.25, 0.3) is 0 Å². The molecule has 0 heterocycles. The molecule has 0 aromatic rings. The molecule has 0 N–H and O–H groups in total. The zero-order valence-corrected chi connectivity index (χ0v) is 25.9. The van der Waals surface area contributed by atoms with Gasteiger partial charge < -0.3 is 44.6 Å². The largest absolute Gasteiger partial charge is 0.500 e. The van der Waals surface area contributed by atoms with Gasteiger partial charge in [-0.1, -0.05) is 0 Å². The Labute approximate surface area is 209 Å². The van der Waals surface area contributed by atoms with E-state index in [1.54, 1.807) is 70.9 Å². The summed E-state index contributed by atoms with van der Waals surface area (Å²) in [6.45, 7) is 1.64. The van der Waals surface area contributed by atoms with Crippen LogP contribution in [0.4, 0.5) is 0 Å². The second-order valence-corrected chi connectivity index (χ2v) is 17.7. The highest BCUT2D eigenvalue weighted by Crippen LogP contribution is 2.43. The summed E-state index contributed by atoms with van der Waals surface area (Å²) in [5.41, 5.74) is -0.287. The average Bonchev–Trinajstić information content (AvgIpc) is 2.86. The van der Waals surface area contributed by atoms with Gasteiger partial charge in [0, 0.05) is 88.5 Å². The third-order valence-electron chi connectivity index (χ3n) is 6.76. The van der Waals surface area contributed by atoms with Crippen molar-refractivity contribution in [2.45, 2.75) is 63.6 Å². The topological polar surface area (TPSA) is 100 Å². The zero-order chi connectivity index (χ0) is 26.3. The molecule has 0 bridgehead atoms. The normalized spacial score (nSPS) is 13.5. The first kappa shape index (κ1) is 34.0. The molecule has 0 atom stereocenters. The van der Waals surface area contributed by atoms with Crippen LogP contribution >= 0.6 is 0 Å². The standard InChI is InChI=1S/C21H48O10Si3/c1-20(22)19-21(15-18-34(29-8,30-9)31-10,13-11-16-32(23-2,24-3)25-4)14-12-17-33(26-5,27-6)28-7/h11-19H2,1-10H3. The van der Waals surface area contributed by atoms with Crippen LogP contribution in [0.2, 0.25) is 18.1 Å². The molecule has 0 fully saturated rings. The summed E-state index contributed by atoms with van der Waals surface area (Å²) in [6, 6.07) is 1.92. The molecule has 13 heteroatoms. The van der Waals surface area contributed by atoms with E-state index in [2.05, 4.69) is 0 Å². The maximum atomic E-state index is 12.4. The lowest BCUT2D eigenvalue weighted by Crippen LogP contribution is -2.45. The molecule has 10 nitrogen and oxygen atoms in total. The summed E-state index contributed by atoms with van der Waals surface area (Å²) in [7, 11) is 6.25. The molecule has 0 aromatic heterocycles. The second kappa shape index (κ2) is 16.7. The Balaban J connectivity index is 5.82. The fourth-order valence-electron chi connectivity index (χ4n) is 4.61. The van der Waals surface area contributed by atoms with E-state index in [1.807, 2.05) is 0 Å². The number of Topliss-reactive ketones (excluding diaryl/α,β-unsaturated/α-hetero) is 1. The summed E-state index contributed by atoms with van der Waals surface area (Å²) < 4.78 is 50.6. The van der Waals surface area contributed by atoms with Crippen LogP contribution in [0.15, 0.2) is 0 Å². The summed E-state index contributed by atoms with van der Waals surface area (Å²) in [5, 5.41) is 0. The van der Waals surface area contributed by atoms with Gasteiger partial charge >= 0.3 is 26.4 Å². The predicted octanol–water partition coefficient (Wildman–Crippen LogP) is 3.54. The summed E-state index contributed by atoms with van der Waals surface area (Å²) >= 11 is 0. The van der Waals surface area contributed by atoms with Crippen molar-refractivity contribution in [3.63, 3.8) is 0 Å². The highest BCUT2D eigenvalue weighted by Gasteiger charge is 2.44. The van der Waals surface area contributed by atoms with Gasteiger partial charge in [-0.3, -0.25) is 0 Å². The van der Waals surface area contributed by atoms with Crippen LogP contribution in [0.3, 0.4) is 0 Å². The molecule has 204 valence electrons. The van der Waals surface area contributed by atoms with Crippen molar-refractivity contribution in [1.82, 2.24) is 0 Å². The van der Waals surface area contributed by atoms with Crippen LogP contribution in [0.5, 0.6) is 0 Å². The van der Waals surface area contributed by atoms with Crippen LogP contribution in [0, 0.1) is 5.41 Å². The SMILES string of the molecule is CO[Si](CCCC(CCC[Si](OC)(OC)OC)(CC[Si](OC)(OC)OC)CC(C)=O)(OC)OC. The average molecular weight is 545 g/mol. The second-order valence-electron chi connectivity index (χ2n) is 8.47. The van der Waals surface area contributed by atoms with Gasteiger partial charge in [0.15, 0.2) is 0 Å². The Morgan fingerprint density at radius 3 is 1.09 bits per heavy atom. The number of carbonyl (C=O) groups excluding carboxylic acids is 1. The molecule has 0 aromatic carbocycles. The molecule has 0 saturated heterocycles. The van der Waals surface area contributed by atoms with Crippen molar-refractivity contribution in [2.75, 3.05) is 64.0 Å². The van der Waals surface area contributed by atoms with Gasteiger partial charge in [-0.2, -0.15) is 0 Å². The van der Waals surface area contributed by atoms with Crippen molar-refractivity contribution in [3.05, 3.63) is 0 Å². The predicted molar refractivity (Wildman–Crippen MR) is 136 cm³/mol. The highest BCUT2D eigenvalue weighted by molar-refractivity contribution is 6.61. The molecular formula is C21H48O10Si3. The molecule has 0 aliphatic carbocycles. The van der Waals surface area contributed by atoms with Crippen LogP contribution in [0.1, 0.15) is 45.4 Å². The van der Waals surface area contributed by atoms with Crippen LogP contribution in [-0.2, 0) is 44.6 Å². The van der Waals surface area contributed by atoms with E-state index in [0.29, 0.717) is 24.6 Å². The van der Waals surface area contributed by atoms with E-state index in [0.717, 1.165) is 32.1 Å². The first-order valence-corrected chi connectivity index (χ1v) is 17.3. The van der Waals surface area contributed by atoms with E-state index < -0.39 is 26.4 Å². The third kappa shape index (κ3) is 10.1. The first-order valence-electron chi connectivity index (χ1n) is 11.5. The number of rotatable bonds is 22. The lowest BCUT2D eigenvalue weighted by atomic mass is 9.73. The van der Waals surface area contributed by atoms with Crippen molar-refractivity contribution in [3.8, 4) is 0 Å². The number of ketones is 1. The maximum Gasteiger partial charge on any atom is 0.500 e. The fourth-order valence-corrected chi connectivity index (χ4v) is 10.0. The van der Waals surface area contributed by atoms with E-state index >= 15 is 0 Å². The van der Waals surface area contributed by atoms with Gasteiger partial charge in [-0.25, -0.2) is 0 Å². The lowest BCUT2D eigenvalue weighted by molar-refractivity contribution is -0.119. The first-order chi connectivity index (χ1) is 16.1.